The molecule has 2 nitrogen and oxygen atoms in total. The first-order valence-electron chi connectivity index (χ1n) is 5.60. The van der Waals surface area contributed by atoms with Gasteiger partial charge in [0.2, 0.25) is 0 Å². The quantitative estimate of drug-likeness (QED) is 0.881. The molecule has 0 saturated carbocycles. The molecule has 0 aliphatic heterocycles. The highest BCUT2D eigenvalue weighted by atomic mass is 35.5. The van der Waals surface area contributed by atoms with Crippen LogP contribution in [0, 0.1) is 5.82 Å². The summed E-state index contributed by atoms with van der Waals surface area (Å²) in [6.45, 7) is 3.80. The molecule has 1 N–H and O–H groups in total. The van der Waals surface area contributed by atoms with Gasteiger partial charge in [0, 0.05) is 13.5 Å². The predicted octanol–water partition coefficient (Wildman–Crippen LogP) is 3.20. The minimum absolute atomic E-state index is 0.0744. The summed E-state index contributed by atoms with van der Waals surface area (Å²) in [7, 11) is 1.57. The SMILES string of the molecule is CCC(C)(OC)C(O)Cc1ccc(F)c(Cl)c1. The fourth-order valence-electron chi connectivity index (χ4n) is 1.62. The van der Waals surface area contributed by atoms with Crippen LogP contribution in [-0.4, -0.2) is 23.9 Å². The van der Waals surface area contributed by atoms with Gasteiger partial charge in [-0.15, -0.1) is 0 Å². The number of benzene rings is 1. The zero-order valence-corrected chi connectivity index (χ0v) is 11.1. The van der Waals surface area contributed by atoms with Crippen LogP contribution in [0.1, 0.15) is 25.8 Å². The molecule has 0 aromatic heterocycles. The van der Waals surface area contributed by atoms with Crippen molar-refractivity contribution in [2.24, 2.45) is 0 Å². The van der Waals surface area contributed by atoms with Gasteiger partial charge in [0.1, 0.15) is 5.82 Å². The Labute approximate surface area is 106 Å². The topological polar surface area (TPSA) is 29.5 Å². The van der Waals surface area contributed by atoms with Crippen LogP contribution >= 0.6 is 11.6 Å². The van der Waals surface area contributed by atoms with Gasteiger partial charge < -0.3 is 9.84 Å². The van der Waals surface area contributed by atoms with Crippen molar-refractivity contribution < 1.29 is 14.2 Å². The van der Waals surface area contributed by atoms with Gasteiger partial charge in [-0.25, -0.2) is 4.39 Å². The molecule has 2 unspecified atom stereocenters. The molecule has 4 heteroatoms. The Morgan fingerprint density at radius 3 is 2.65 bits per heavy atom. The lowest BCUT2D eigenvalue weighted by Crippen LogP contribution is -2.42. The molecule has 0 aliphatic rings. The van der Waals surface area contributed by atoms with E-state index in [9.17, 15) is 9.50 Å². The van der Waals surface area contributed by atoms with E-state index in [1.54, 1.807) is 13.2 Å². The summed E-state index contributed by atoms with van der Waals surface area (Å²) in [6, 6.07) is 4.46. The van der Waals surface area contributed by atoms with Gasteiger partial charge in [-0.1, -0.05) is 24.6 Å². The van der Waals surface area contributed by atoms with Gasteiger partial charge in [0.15, 0.2) is 0 Å². The standard InChI is InChI=1S/C13H18ClFO2/c1-4-13(2,17-3)12(16)8-9-5-6-11(15)10(14)7-9/h5-7,12,16H,4,8H2,1-3H3. The summed E-state index contributed by atoms with van der Waals surface area (Å²) in [4.78, 5) is 0. The first kappa shape index (κ1) is 14.4. The number of hydrogen-bond donors (Lipinski definition) is 1. The maximum Gasteiger partial charge on any atom is 0.141 e. The highest BCUT2D eigenvalue weighted by molar-refractivity contribution is 6.30. The second-order valence-corrected chi connectivity index (χ2v) is 4.75. The van der Waals surface area contributed by atoms with E-state index in [0.717, 1.165) is 5.56 Å². The van der Waals surface area contributed by atoms with Crippen LogP contribution in [0.5, 0.6) is 0 Å². The van der Waals surface area contributed by atoms with Gasteiger partial charge >= 0.3 is 0 Å². The summed E-state index contributed by atoms with van der Waals surface area (Å²) >= 11 is 5.69. The molecule has 0 fully saturated rings. The van der Waals surface area contributed by atoms with Crippen LogP contribution in [0.4, 0.5) is 4.39 Å². The molecular formula is C13H18ClFO2. The Balaban J connectivity index is 2.80. The van der Waals surface area contributed by atoms with E-state index >= 15 is 0 Å². The fourth-order valence-corrected chi connectivity index (χ4v) is 1.82. The zero-order chi connectivity index (χ0) is 13.1. The first-order valence-corrected chi connectivity index (χ1v) is 5.98. The van der Waals surface area contributed by atoms with Crippen LogP contribution in [0.15, 0.2) is 18.2 Å². The number of aliphatic hydroxyl groups excluding tert-OH is 1. The summed E-state index contributed by atoms with van der Waals surface area (Å²) < 4.78 is 18.3. The summed E-state index contributed by atoms with van der Waals surface area (Å²) in [6.07, 6.45) is 0.427. The summed E-state index contributed by atoms with van der Waals surface area (Å²) in [5.41, 5.74) is 0.196. The van der Waals surface area contributed by atoms with E-state index in [4.69, 9.17) is 16.3 Å². The molecule has 1 rings (SSSR count). The molecule has 17 heavy (non-hydrogen) atoms. The van der Waals surface area contributed by atoms with Crippen molar-refractivity contribution in [3.05, 3.63) is 34.6 Å². The third kappa shape index (κ3) is 3.41. The number of rotatable bonds is 5. The predicted molar refractivity (Wildman–Crippen MR) is 66.8 cm³/mol. The molecule has 0 aliphatic carbocycles. The molecule has 1 aromatic rings. The van der Waals surface area contributed by atoms with E-state index in [1.807, 2.05) is 13.8 Å². The van der Waals surface area contributed by atoms with Crippen molar-refractivity contribution in [1.29, 1.82) is 0 Å². The van der Waals surface area contributed by atoms with E-state index < -0.39 is 17.5 Å². The van der Waals surface area contributed by atoms with Crippen LogP contribution in [0.2, 0.25) is 5.02 Å². The maximum absolute atomic E-state index is 13.0. The number of ether oxygens (including phenoxy) is 1. The lowest BCUT2D eigenvalue weighted by atomic mass is 9.91. The van der Waals surface area contributed by atoms with Crippen LogP contribution in [0.3, 0.4) is 0 Å². The van der Waals surface area contributed by atoms with Crippen LogP contribution in [-0.2, 0) is 11.2 Å². The molecule has 0 amide bonds. The van der Waals surface area contributed by atoms with E-state index in [-0.39, 0.29) is 5.02 Å². The molecular weight excluding hydrogens is 243 g/mol. The molecule has 0 spiro atoms. The molecule has 0 heterocycles. The maximum atomic E-state index is 13.0. The highest BCUT2D eigenvalue weighted by Crippen LogP contribution is 2.24. The number of aliphatic hydroxyl groups is 1. The van der Waals surface area contributed by atoms with Gasteiger partial charge in [0.25, 0.3) is 0 Å². The largest absolute Gasteiger partial charge is 0.390 e. The minimum atomic E-state index is -0.654. The molecule has 0 bridgehead atoms. The Kier molecular flexibility index (Phi) is 4.92. The molecule has 1 aromatic carbocycles. The molecule has 0 radical (unpaired) electrons. The van der Waals surface area contributed by atoms with Gasteiger partial charge in [-0.2, -0.15) is 0 Å². The zero-order valence-electron chi connectivity index (χ0n) is 10.3. The van der Waals surface area contributed by atoms with Crippen molar-refractivity contribution in [2.75, 3.05) is 7.11 Å². The highest BCUT2D eigenvalue weighted by Gasteiger charge is 2.31. The van der Waals surface area contributed by atoms with Gasteiger partial charge in [0.05, 0.1) is 16.7 Å². The molecule has 96 valence electrons. The molecule has 0 saturated heterocycles. The van der Waals surface area contributed by atoms with Crippen LogP contribution in [0.25, 0.3) is 0 Å². The van der Waals surface area contributed by atoms with Crippen molar-refractivity contribution in [1.82, 2.24) is 0 Å². The Morgan fingerprint density at radius 1 is 1.53 bits per heavy atom. The van der Waals surface area contributed by atoms with Gasteiger partial charge in [-0.05, 0) is 31.0 Å². The number of halogens is 2. The Bertz CT molecular complexity index is 378. The summed E-state index contributed by atoms with van der Waals surface area (Å²) in [5, 5.41) is 10.2. The van der Waals surface area contributed by atoms with E-state index in [2.05, 4.69) is 0 Å². The Hall–Kier alpha value is -0.640. The monoisotopic (exact) mass is 260 g/mol. The van der Waals surface area contributed by atoms with Crippen molar-refractivity contribution in [2.45, 2.75) is 38.4 Å². The molecule has 2 atom stereocenters. The lowest BCUT2D eigenvalue weighted by molar-refractivity contribution is -0.0914. The first-order chi connectivity index (χ1) is 7.92. The lowest BCUT2D eigenvalue weighted by Gasteiger charge is -2.32. The van der Waals surface area contributed by atoms with Crippen molar-refractivity contribution >= 4 is 11.6 Å². The smallest absolute Gasteiger partial charge is 0.141 e. The van der Waals surface area contributed by atoms with Gasteiger partial charge in [-0.3, -0.25) is 0 Å². The summed E-state index contributed by atoms with van der Waals surface area (Å²) in [5.74, 6) is -0.449. The van der Waals surface area contributed by atoms with Crippen molar-refractivity contribution in [3.63, 3.8) is 0 Å². The minimum Gasteiger partial charge on any atom is -0.390 e. The normalized spacial score (nSPS) is 16.6. The van der Waals surface area contributed by atoms with E-state index in [1.165, 1.54) is 12.1 Å². The fraction of sp³-hybridized carbons (Fsp3) is 0.538. The average Bonchev–Trinajstić information content (AvgIpc) is 2.32. The Morgan fingerprint density at radius 2 is 2.18 bits per heavy atom. The number of hydrogen-bond acceptors (Lipinski definition) is 2. The number of methoxy groups -OCH3 is 1. The second-order valence-electron chi connectivity index (χ2n) is 4.34. The third-order valence-corrected chi connectivity index (χ3v) is 3.58. The second kappa shape index (κ2) is 5.80. The van der Waals surface area contributed by atoms with Crippen LogP contribution < -0.4 is 0 Å². The van der Waals surface area contributed by atoms with E-state index in [0.29, 0.717) is 12.8 Å². The third-order valence-electron chi connectivity index (χ3n) is 3.29. The average molecular weight is 261 g/mol. The van der Waals surface area contributed by atoms with Crippen molar-refractivity contribution in [3.8, 4) is 0 Å².